The second kappa shape index (κ2) is 11.9. The zero-order valence-corrected chi connectivity index (χ0v) is 26.7. The molecule has 2 aromatic rings. The number of amides is 4. The van der Waals surface area contributed by atoms with Gasteiger partial charge in [-0.1, -0.05) is 5.16 Å². The number of benzene rings is 1. The number of aromatic hydroxyl groups is 2. The molecule has 3 unspecified atom stereocenters. The number of hydroxylamine groups is 2. The number of aliphatic carboxylic acids is 2. The van der Waals surface area contributed by atoms with Crippen LogP contribution in [0.3, 0.4) is 0 Å². The molecule has 5 aliphatic rings. The Hall–Kier alpha value is -5.87. The fourth-order valence-electron chi connectivity index (χ4n) is 6.69. The van der Waals surface area contributed by atoms with E-state index in [9.17, 15) is 54.0 Å². The van der Waals surface area contributed by atoms with Gasteiger partial charge in [0.25, 0.3) is 23.6 Å². The molecule has 0 saturated carbocycles. The third-order valence-electron chi connectivity index (χ3n) is 9.16. The largest absolute Gasteiger partial charge is 0.504 e. The number of oxime groups is 1. The Balaban J connectivity index is 1.11. The summed E-state index contributed by atoms with van der Waals surface area (Å²) in [5.74, 6) is -10.7. The lowest BCUT2D eigenvalue weighted by Crippen LogP contribution is -2.57. The average molecular weight is 731 g/mol. The number of fused-ring (bicyclic) bond motifs is 3. The minimum atomic E-state index is -2.92. The fraction of sp³-hybridized carbons (Fsp3) is 0.414. The van der Waals surface area contributed by atoms with E-state index in [2.05, 4.69) is 15.5 Å². The molecule has 6 heterocycles. The van der Waals surface area contributed by atoms with Gasteiger partial charge in [0, 0.05) is 18.2 Å². The van der Waals surface area contributed by atoms with Gasteiger partial charge in [-0.25, -0.2) is 19.4 Å². The van der Waals surface area contributed by atoms with Crippen molar-refractivity contribution < 1.29 is 73.1 Å². The molecule has 1 aromatic heterocycles. The molecule has 0 radical (unpaired) electrons. The van der Waals surface area contributed by atoms with Gasteiger partial charge in [0.2, 0.25) is 5.60 Å². The van der Waals surface area contributed by atoms with Gasteiger partial charge in [0.15, 0.2) is 22.3 Å². The lowest BCUT2D eigenvalue weighted by Gasteiger charge is -2.34. The van der Waals surface area contributed by atoms with Crippen molar-refractivity contribution >= 4 is 63.7 Å². The monoisotopic (exact) mass is 730 g/mol. The Morgan fingerprint density at radius 1 is 1.00 bits per heavy atom. The normalized spacial score (nSPS) is 30.1. The summed E-state index contributed by atoms with van der Waals surface area (Å²) in [6.45, 7) is -0.694. The van der Waals surface area contributed by atoms with Crippen LogP contribution in [0, 0.1) is 0 Å². The quantitative estimate of drug-likeness (QED) is 0.0572. The Morgan fingerprint density at radius 2 is 1.63 bits per heavy atom. The standard InChI is InChI=1S/C29H26N6O15S/c30-27-32-15(9-51-27)19(33-50-28(25(43)44)5-10-1-2-11(6-28)48-10)20(38)31-14-8-47-35(23(14)41)29(26(45)46)7-16(24(42)49-29)34-21(39)12-3-17(36)18(37)4-13(12)22(34)40/h3-4,9-11,14,16,36-37H,1-2,5-8H2,(H2,30,32)(H,31,38)(H,43,44)(H,45,46)/b33-19-/t10?,11?,14-,16-,28?,29?/m0/s1. The number of ether oxygens (including phenoxy) is 2. The maximum absolute atomic E-state index is 13.6. The van der Waals surface area contributed by atoms with Crippen molar-refractivity contribution in [1.29, 1.82) is 0 Å². The number of hydrogen-bond donors (Lipinski definition) is 6. The van der Waals surface area contributed by atoms with E-state index in [-0.39, 0.29) is 39.9 Å². The van der Waals surface area contributed by atoms with Crippen LogP contribution in [0.1, 0.15) is 58.5 Å². The van der Waals surface area contributed by atoms with Crippen LogP contribution in [0.5, 0.6) is 11.5 Å². The third kappa shape index (κ3) is 5.34. The van der Waals surface area contributed by atoms with E-state index in [1.807, 2.05) is 0 Å². The van der Waals surface area contributed by atoms with Gasteiger partial charge in [0.1, 0.15) is 24.4 Å². The number of carboxylic acid groups (broad SMARTS) is 2. The molecule has 4 saturated heterocycles. The number of hydrogen-bond acceptors (Lipinski definition) is 17. The van der Waals surface area contributed by atoms with Crippen molar-refractivity contribution in [3.05, 3.63) is 34.3 Å². The Bertz CT molecular complexity index is 1910. The molecule has 5 atom stereocenters. The maximum Gasteiger partial charge on any atom is 0.372 e. The zero-order valence-electron chi connectivity index (χ0n) is 25.8. The zero-order chi connectivity index (χ0) is 36.6. The molecule has 0 spiro atoms. The van der Waals surface area contributed by atoms with Crippen molar-refractivity contribution in [3.63, 3.8) is 0 Å². The van der Waals surface area contributed by atoms with Crippen LogP contribution in [0.2, 0.25) is 0 Å². The SMILES string of the molecule is Nc1nc(/C(=N/OC2(C(=O)O)CC3CCC(C2)O3)C(=O)N[C@H]2CON(C3(C(=O)O)C[C@H](N4C(=O)c5cc(O)c(O)cc5C4=O)C(=O)O3)C2=O)cs1. The second-order valence-electron chi connectivity index (χ2n) is 12.3. The molecule has 1 aromatic carbocycles. The first kappa shape index (κ1) is 33.6. The number of rotatable bonds is 9. The Labute approximate surface area is 288 Å². The van der Waals surface area contributed by atoms with E-state index < -0.39 is 107 Å². The molecular formula is C29H26N6O15S. The molecule has 22 heteroatoms. The molecule has 268 valence electrons. The molecule has 51 heavy (non-hydrogen) atoms. The molecule has 4 amide bonds. The number of phenolic OH excluding ortho intramolecular Hbond substituents is 2. The summed E-state index contributed by atoms with van der Waals surface area (Å²) in [6, 6.07) is -1.93. The number of carbonyl (C=O) groups is 7. The maximum atomic E-state index is 13.6. The highest BCUT2D eigenvalue weighted by Crippen LogP contribution is 2.42. The molecule has 0 aliphatic carbocycles. The molecule has 21 nitrogen and oxygen atoms in total. The van der Waals surface area contributed by atoms with Crippen LogP contribution in [0.15, 0.2) is 22.7 Å². The molecule has 7 N–H and O–H groups in total. The molecule has 2 bridgehead atoms. The fourth-order valence-corrected chi connectivity index (χ4v) is 7.23. The number of cyclic esters (lactones) is 1. The van der Waals surface area contributed by atoms with Gasteiger partial charge in [0.05, 0.1) is 29.8 Å². The van der Waals surface area contributed by atoms with Crippen LogP contribution in [-0.4, -0.2) is 125 Å². The topological polar surface area (TPSA) is 307 Å². The predicted molar refractivity (Wildman–Crippen MR) is 162 cm³/mol. The van der Waals surface area contributed by atoms with E-state index >= 15 is 0 Å². The van der Waals surface area contributed by atoms with Crippen molar-refractivity contribution in [1.82, 2.24) is 20.3 Å². The molecule has 7 rings (SSSR count). The number of nitrogens with one attached hydrogen (secondary N) is 1. The van der Waals surface area contributed by atoms with Crippen molar-refractivity contribution in [2.24, 2.45) is 5.16 Å². The summed E-state index contributed by atoms with van der Waals surface area (Å²) in [5.41, 5.74) is -0.485. The Morgan fingerprint density at radius 3 is 2.18 bits per heavy atom. The highest BCUT2D eigenvalue weighted by molar-refractivity contribution is 7.13. The van der Waals surface area contributed by atoms with Crippen LogP contribution < -0.4 is 11.1 Å². The first-order valence-corrected chi connectivity index (χ1v) is 16.1. The van der Waals surface area contributed by atoms with E-state index in [0.717, 1.165) is 23.5 Å². The summed E-state index contributed by atoms with van der Waals surface area (Å²) >= 11 is 0.923. The third-order valence-corrected chi connectivity index (χ3v) is 9.84. The van der Waals surface area contributed by atoms with E-state index in [1.165, 1.54) is 5.38 Å². The van der Waals surface area contributed by atoms with Gasteiger partial charge >= 0.3 is 23.6 Å². The number of thiazole rings is 1. The van der Waals surface area contributed by atoms with Gasteiger partial charge in [-0.05, 0) is 25.0 Å². The Kier molecular flexibility index (Phi) is 7.83. The number of nitrogens with zero attached hydrogens (tertiary/aromatic N) is 4. The number of imide groups is 1. The lowest BCUT2D eigenvalue weighted by molar-refractivity contribution is -0.256. The molecular weight excluding hydrogens is 704 g/mol. The van der Waals surface area contributed by atoms with Crippen LogP contribution in [0.25, 0.3) is 0 Å². The van der Waals surface area contributed by atoms with E-state index in [4.69, 9.17) is 24.9 Å². The number of aromatic nitrogens is 1. The highest BCUT2D eigenvalue weighted by Gasteiger charge is 2.65. The lowest BCUT2D eigenvalue weighted by atomic mass is 9.90. The number of nitrogen functional groups attached to an aromatic ring is 1. The highest BCUT2D eigenvalue weighted by atomic mass is 32.1. The van der Waals surface area contributed by atoms with Crippen LogP contribution in [0.4, 0.5) is 5.13 Å². The van der Waals surface area contributed by atoms with Gasteiger partial charge < -0.3 is 45.8 Å². The summed E-state index contributed by atoms with van der Waals surface area (Å²) < 4.78 is 10.8. The number of phenols is 2. The summed E-state index contributed by atoms with van der Waals surface area (Å²) in [7, 11) is 0. The van der Waals surface area contributed by atoms with Gasteiger partial charge in [-0.15, -0.1) is 11.3 Å². The van der Waals surface area contributed by atoms with Gasteiger partial charge in [-0.2, -0.15) is 5.06 Å². The summed E-state index contributed by atoms with van der Waals surface area (Å²) in [5, 5.41) is 47.6. The van der Waals surface area contributed by atoms with Crippen molar-refractivity contribution in [2.75, 3.05) is 12.3 Å². The first-order valence-electron chi connectivity index (χ1n) is 15.2. The summed E-state index contributed by atoms with van der Waals surface area (Å²) in [6.07, 6.45) is -0.670. The smallest absolute Gasteiger partial charge is 0.372 e. The molecule has 4 fully saturated rings. The molecule has 5 aliphatic heterocycles. The number of carbonyl (C=O) groups excluding carboxylic acids is 5. The average Bonchev–Trinajstić information content (AvgIpc) is 3.88. The second-order valence-corrected chi connectivity index (χ2v) is 13.2. The first-order chi connectivity index (χ1) is 24.1. The van der Waals surface area contributed by atoms with E-state index in [0.29, 0.717) is 17.7 Å². The minimum Gasteiger partial charge on any atom is -0.504 e. The summed E-state index contributed by atoms with van der Waals surface area (Å²) in [4.78, 5) is 107. The minimum absolute atomic E-state index is 0.0154. The van der Waals surface area contributed by atoms with Crippen molar-refractivity contribution in [2.45, 2.75) is 67.7 Å². The van der Waals surface area contributed by atoms with Crippen molar-refractivity contribution in [3.8, 4) is 11.5 Å². The van der Waals surface area contributed by atoms with Gasteiger partial charge in [-0.3, -0.25) is 28.9 Å². The number of anilines is 1. The predicted octanol–water partition coefficient (Wildman–Crippen LogP) is -1.33. The van der Waals surface area contributed by atoms with E-state index in [1.54, 1.807) is 0 Å². The van der Waals surface area contributed by atoms with Crippen LogP contribution >= 0.6 is 11.3 Å². The van der Waals surface area contributed by atoms with Crippen LogP contribution in [-0.2, 0) is 43.1 Å². The number of esters is 1. The number of carboxylic acids is 2. The number of nitrogens with two attached hydrogens (primary N) is 1.